The smallest absolute Gasteiger partial charge is 0.242 e. The standard InChI is InChI=1S/C18H26N4O3S/c1-20(2)26(24,25)15-7-8-17-16(13-15)19-14-22(17)12-9-18(23)21-10-5-3-4-6-11-21/h7-8,13-14H,3-6,9-12H2,1-2H3. The van der Waals surface area contributed by atoms with Crippen molar-refractivity contribution in [2.75, 3.05) is 27.2 Å². The average molecular weight is 378 g/mol. The first-order chi connectivity index (χ1) is 12.4. The van der Waals surface area contributed by atoms with Gasteiger partial charge >= 0.3 is 0 Å². The zero-order valence-corrected chi connectivity index (χ0v) is 16.2. The van der Waals surface area contributed by atoms with Crippen LogP contribution in [0.15, 0.2) is 29.4 Å². The van der Waals surface area contributed by atoms with Crippen LogP contribution in [-0.2, 0) is 21.4 Å². The number of carbonyl (C=O) groups is 1. The molecule has 0 aliphatic carbocycles. The summed E-state index contributed by atoms with van der Waals surface area (Å²) in [5.74, 6) is 0.181. The monoisotopic (exact) mass is 378 g/mol. The molecule has 0 N–H and O–H groups in total. The van der Waals surface area contributed by atoms with Gasteiger partial charge in [0.15, 0.2) is 0 Å². The highest BCUT2D eigenvalue weighted by molar-refractivity contribution is 7.89. The summed E-state index contributed by atoms with van der Waals surface area (Å²) in [5.41, 5.74) is 1.46. The first kappa shape index (κ1) is 18.8. The molecule has 0 spiro atoms. The van der Waals surface area contributed by atoms with E-state index in [-0.39, 0.29) is 10.8 Å². The number of aryl methyl sites for hydroxylation is 1. The summed E-state index contributed by atoms with van der Waals surface area (Å²) >= 11 is 0. The Morgan fingerprint density at radius 1 is 1.15 bits per heavy atom. The third-order valence-corrected chi connectivity index (χ3v) is 6.71. The van der Waals surface area contributed by atoms with Crippen LogP contribution in [0.25, 0.3) is 11.0 Å². The molecular formula is C18H26N4O3S. The topological polar surface area (TPSA) is 75.5 Å². The number of amides is 1. The molecule has 7 nitrogen and oxygen atoms in total. The summed E-state index contributed by atoms with van der Waals surface area (Å²) in [7, 11) is -0.466. The molecule has 8 heteroatoms. The maximum atomic E-state index is 12.5. The van der Waals surface area contributed by atoms with E-state index in [1.54, 1.807) is 24.5 Å². The largest absolute Gasteiger partial charge is 0.343 e. The second kappa shape index (κ2) is 7.75. The first-order valence-corrected chi connectivity index (χ1v) is 10.5. The van der Waals surface area contributed by atoms with Gasteiger partial charge in [-0.15, -0.1) is 0 Å². The van der Waals surface area contributed by atoms with Crippen molar-refractivity contribution in [2.24, 2.45) is 0 Å². The zero-order chi connectivity index (χ0) is 18.7. The van der Waals surface area contributed by atoms with Gasteiger partial charge in [0.05, 0.1) is 22.3 Å². The Balaban J connectivity index is 1.72. The summed E-state index contributed by atoms with van der Waals surface area (Å²) < 4.78 is 27.6. The maximum absolute atomic E-state index is 12.5. The molecule has 1 aliphatic heterocycles. The highest BCUT2D eigenvalue weighted by Gasteiger charge is 2.19. The number of sulfonamides is 1. The van der Waals surface area contributed by atoms with E-state index < -0.39 is 10.0 Å². The Morgan fingerprint density at radius 3 is 2.50 bits per heavy atom. The number of likely N-dealkylation sites (tertiary alicyclic amines) is 1. The van der Waals surface area contributed by atoms with Crippen LogP contribution in [-0.4, -0.2) is 60.3 Å². The molecule has 2 heterocycles. The lowest BCUT2D eigenvalue weighted by molar-refractivity contribution is -0.131. The molecule has 142 valence electrons. The fraction of sp³-hybridized carbons (Fsp3) is 0.556. The number of hydrogen-bond acceptors (Lipinski definition) is 4. The highest BCUT2D eigenvalue weighted by atomic mass is 32.2. The minimum Gasteiger partial charge on any atom is -0.343 e. The van der Waals surface area contributed by atoms with Gasteiger partial charge in [-0.25, -0.2) is 17.7 Å². The lowest BCUT2D eigenvalue weighted by atomic mass is 10.2. The van der Waals surface area contributed by atoms with Crippen LogP contribution in [0.4, 0.5) is 0 Å². The molecule has 1 aliphatic rings. The summed E-state index contributed by atoms with van der Waals surface area (Å²) in [6.07, 6.45) is 6.68. The minimum atomic E-state index is -3.48. The fourth-order valence-electron chi connectivity index (χ4n) is 3.29. The maximum Gasteiger partial charge on any atom is 0.242 e. The predicted molar refractivity (Wildman–Crippen MR) is 100 cm³/mol. The van der Waals surface area contributed by atoms with E-state index in [1.807, 2.05) is 9.47 Å². The molecule has 1 aromatic heterocycles. The Bertz CT molecular complexity index is 881. The van der Waals surface area contributed by atoms with Gasteiger partial charge in [0.2, 0.25) is 15.9 Å². The number of carbonyl (C=O) groups excluding carboxylic acids is 1. The molecule has 0 bridgehead atoms. The Kier molecular flexibility index (Phi) is 5.62. The van der Waals surface area contributed by atoms with Crippen molar-refractivity contribution in [2.45, 2.75) is 43.5 Å². The second-order valence-electron chi connectivity index (χ2n) is 6.92. The number of fused-ring (bicyclic) bond motifs is 1. The lowest BCUT2D eigenvalue weighted by Gasteiger charge is -2.20. The zero-order valence-electron chi connectivity index (χ0n) is 15.4. The van der Waals surface area contributed by atoms with Gasteiger partial charge in [-0.3, -0.25) is 4.79 Å². The van der Waals surface area contributed by atoms with E-state index in [0.717, 1.165) is 31.4 Å². The fourth-order valence-corrected chi connectivity index (χ4v) is 4.21. The van der Waals surface area contributed by atoms with Crippen molar-refractivity contribution >= 4 is 27.0 Å². The van der Waals surface area contributed by atoms with Crippen LogP contribution in [0.2, 0.25) is 0 Å². The van der Waals surface area contributed by atoms with Gasteiger partial charge in [0.1, 0.15) is 0 Å². The van der Waals surface area contributed by atoms with E-state index >= 15 is 0 Å². The molecule has 1 fully saturated rings. The van der Waals surface area contributed by atoms with Crippen molar-refractivity contribution < 1.29 is 13.2 Å². The summed E-state index contributed by atoms with van der Waals surface area (Å²) in [6, 6.07) is 4.93. The number of imidazole rings is 1. The molecule has 1 amide bonds. The van der Waals surface area contributed by atoms with Crippen LogP contribution in [0, 0.1) is 0 Å². The van der Waals surface area contributed by atoms with Crippen molar-refractivity contribution in [1.29, 1.82) is 0 Å². The van der Waals surface area contributed by atoms with Crippen LogP contribution in [0.3, 0.4) is 0 Å². The van der Waals surface area contributed by atoms with Crippen LogP contribution >= 0.6 is 0 Å². The normalized spacial score (nSPS) is 16.2. The van der Waals surface area contributed by atoms with Crippen molar-refractivity contribution in [3.8, 4) is 0 Å². The highest BCUT2D eigenvalue weighted by Crippen LogP contribution is 2.20. The van der Waals surface area contributed by atoms with Crippen molar-refractivity contribution in [1.82, 2.24) is 18.8 Å². The molecule has 1 saturated heterocycles. The summed E-state index contributed by atoms with van der Waals surface area (Å²) in [6.45, 7) is 2.26. The molecule has 0 radical (unpaired) electrons. The van der Waals surface area contributed by atoms with Gasteiger partial charge < -0.3 is 9.47 Å². The molecule has 0 unspecified atom stereocenters. The SMILES string of the molecule is CN(C)S(=O)(=O)c1ccc2c(c1)ncn2CCC(=O)N1CCCCCC1. The number of benzene rings is 1. The number of rotatable bonds is 5. The molecule has 0 saturated carbocycles. The summed E-state index contributed by atoms with van der Waals surface area (Å²) in [4.78, 5) is 19.0. The van der Waals surface area contributed by atoms with Crippen molar-refractivity contribution in [3.05, 3.63) is 24.5 Å². The number of nitrogens with zero attached hydrogens (tertiary/aromatic N) is 4. The Hall–Kier alpha value is -1.93. The van der Waals surface area contributed by atoms with E-state index in [9.17, 15) is 13.2 Å². The minimum absolute atomic E-state index is 0.181. The predicted octanol–water partition coefficient (Wildman–Crippen LogP) is 2.08. The van der Waals surface area contributed by atoms with Crippen LogP contribution in [0.5, 0.6) is 0 Å². The summed E-state index contributed by atoms with van der Waals surface area (Å²) in [5, 5.41) is 0. The molecule has 0 atom stereocenters. The molecule has 26 heavy (non-hydrogen) atoms. The average Bonchev–Trinajstić information content (AvgIpc) is 2.82. The van der Waals surface area contributed by atoms with Gasteiger partial charge in [0, 0.05) is 40.2 Å². The second-order valence-corrected chi connectivity index (χ2v) is 9.07. The number of aromatic nitrogens is 2. The van der Waals surface area contributed by atoms with E-state index in [2.05, 4.69) is 4.98 Å². The van der Waals surface area contributed by atoms with Gasteiger partial charge in [-0.05, 0) is 31.0 Å². The van der Waals surface area contributed by atoms with E-state index in [1.165, 1.54) is 31.2 Å². The molecular weight excluding hydrogens is 352 g/mol. The Labute approximate surface area is 154 Å². The van der Waals surface area contributed by atoms with Crippen LogP contribution < -0.4 is 0 Å². The Morgan fingerprint density at radius 2 is 1.85 bits per heavy atom. The van der Waals surface area contributed by atoms with Crippen LogP contribution in [0.1, 0.15) is 32.1 Å². The van der Waals surface area contributed by atoms with Gasteiger partial charge in [-0.1, -0.05) is 12.8 Å². The van der Waals surface area contributed by atoms with Gasteiger partial charge in [-0.2, -0.15) is 0 Å². The molecule has 1 aromatic carbocycles. The number of hydrogen-bond donors (Lipinski definition) is 0. The first-order valence-electron chi connectivity index (χ1n) is 9.05. The molecule has 2 aromatic rings. The quantitative estimate of drug-likeness (QED) is 0.798. The van der Waals surface area contributed by atoms with Gasteiger partial charge in [0.25, 0.3) is 0 Å². The molecule has 3 rings (SSSR count). The van der Waals surface area contributed by atoms with E-state index in [0.29, 0.717) is 18.5 Å². The van der Waals surface area contributed by atoms with Crippen molar-refractivity contribution in [3.63, 3.8) is 0 Å². The third kappa shape index (κ3) is 3.91. The van der Waals surface area contributed by atoms with E-state index in [4.69, 9.17) is 0 Å². The lowest BCUT2D eigenvalue weighted by Crippen LogP contribution is -2.32. The third-order valence-electron chi connectivity index (χ3n) is 4.90.